The minimum atomic E-state index is 0.330. The third-order valence-corrected chi connectivity index (χ3v) is 3.92. The second-order valence-corrected chi connectivity index (χ2v) is 3.92. The molecule has 0 atom stereocenters. The Bertz CT molecular complexity index is 293. The van der Waals surface area contributed by atoms with Gasteiger partial charge in [0.15, 0.2) is 0 Å². The number of aromatic nitrogens is 2. The molecule has 1 aromatic heterocycles. The number of halogens is 2. The van der Waals surface area contributed by atoms with E-state index in [0.717, 1.165) is 7.27 Å². The van der Waals surface area contributed by atoms with Gasteiger partial charge in [-0.1, -0.05) is 0 Å². The molecular weight excluding hydrogens is 386 g/mol. The van der Waals surface area contributed by atoms with Crippen molar-refractivity contribution in [3.63, 3.8) is 0 Å². The van der Waals surface area contributed by atoms with Gasteiger partial charge >= 0.3 is 6.01 Å². The van der Waals surface area contributed by atoms with Crippen LogP contribution in [-0.2, 0) is 0 Å². The predicted octanol–water partition coefficient (Wildman–Crippen LogP) is 1.70. The van der Waals surface area contributed by atoms with Crippen LogP contribution in [0.4, 0.5) is 0 Å². The third kappa shape index (κ3) is 2.09. The van der Waals surface area contributed by atoms with Gasteiger partial charge in [-0.15, -0.1) is 0 Å². The van der Waals surface area contributed by atoms with Crippen LogP contribution in [0, 0.1) is 7.27 Å². The van der Waals surface area contributed by atoms with Crippen molar-refractivity contribution in [2.45, 2.75) is 0 Å². The molecule has 0 aliphatic rings. The molecular formula is C6H6I2N2O2. The lowest BCUT2D eigenvalue weighted by Gasteiger charge is -2.04. The maximum Gasteiger partial charge on any atom is 0.320 e. The zero-order chi connectivity index (χ0) is 9.14. The van der Waals surface area contributed by atoms with E-state index in [1.165, 1.54) is 7.11 Å². The number of rotatable bonds is 2. The minimum Gasteiger partial charge on any atom is -0.480 e. The molecule has 6 heteroatoms. The van der Waals surface area contributed by atoms with Gasteiger partial charge in [0.05, 0.1) is 14.2 Å². The first-order chi connectivity index (χ1) is 5.69. The van der Waals surface area contributed by atoms with Gasteiger partial charge in [-0.25, -0.2) is 0 Å². The highest BCUT2D eigenvalue weighted by Crippen LogP contribution is 2.24. The first-order valence-electron chi connectivity index (χ1n) is 3.00. The van der Waals surface area contributed by atoms with E-state index in [9.17, 15) is 0 Å². The largest absolute Gasteiger partial charge is 0.480 e. The van der Waals surface area contributed by atoms with E-state index in [1.807, 2.05) is 0 Å². The van der Waals surface area contributed by atoms with Crippen molar-refractivity contribution in [1.29, 1.82) is 0 Å². The molecule has 0 aliphatic carbocycles. The molecule has 0 radical (unpaired) electrons. The molecule has 0 N–H and O–H groups in total. The Morgan fingerprint density at radius 2 is 1.75 bits per heavy atom. The fourth-order valence-electron chi connectivity index (χ4n) is 0.609. The van der Waals surface area contributed by atoms with Crippen LogP contribution in [0.1, 0.15) is 0 Å². The van der Waals surface area contributed by atoms with Crippen LogP contribution in [0.3, 0.4) is 0 Å². The summed E-state index contributed by atoms with van der Waals surface area (Å²) < 4.78 is 11.6. The van der Waals surface area contributed by atoms with Gasteiger partial charge in [-0.05, 0) is 45.2 Å². The van der Waals surface area contributed by atoms with Gasteiger partial charge in [0.2, 0.25) is 5.88 Å². The van der Waals surface area contributed by atoms with E-state index >= 15 is 0 Å². The highest BCUT2D eigenvalue weighted by molar-refractivity contribution is 14.1. The predicted molar refractivity (Wildman–Crippen MR) is 60.6 cm³/mol. The summed E-state index contributed by atoms with van der Waals surface area (Å²) in [6.07, 6.45) is 0. The zero-order valence-corrected chi connectivity index (χ0v) is 10.8. The van der Waals surface area contributed by atoms with Crippen LogP contribution in [0.5, 0.6) is 11.9 Å². The standard InChI is InChI=1S/C6H6I2N2O2/c1-11-5-3(7)4(8)9-6(10-5)12-2/h1-2H3. The molecule has 0 unspecified atom stereocenters. The molecule has 0 spiro atoms. The number of methoxy groups -OCH3 is 2. The molecule has 1 rings (SSSR count). The summed E-state index contributed by atoms with van der Waals surface area (Å²) in [5.74, 6) is 0.548. The maximum absolute atomic E-state index is 5.02. The summed E-state index contributed by atoms with van der Waals surface area (Å²) >= 11 is 4.23. The molecule has 66 valence electrons. The van der Waals surface area contributed by atoms with E-state index < -0.39 is 0 Å². The normalized spacial score (nSPS) is 9.67. The quantitative estimate of drug-likeness (QED) is 0.568. The summed E-state index contributed by atoms with van der Waals surface area (Å²) in [7, 11) is 3.09. The number of hydrogen-bond acceptors (Lipinski definition) is 4. The fourth-order valence-corrected chi connectivity index (χ4v) is 1.51. The Labute approximate surface area is 97.4 Å². The monoisotopic (exact) mass is 392 g/mol. The first kappa shape index (κ1) is 10.2. The van der Waals surface area contributed by atoms with Crippen molar-refractivity contribution < 1.29 is 9.47 Å². The van der Waals surface area contributed by atoms with E-state index in [2.05, 4.69) is 55.1 Å². The molecule has 1 heterocycles. The van der Waals surface area contributed by atoms with Crippen LogP contribution in [0.15, 0.2) is 0 Å². The maximum atomic E-state index is 5.02. The Morgan fingerprint density at radius 1 is 1.08 bits per heavy atom. The fraction of sp³-hybridized carbons (Fsp3) is 0.333. The summed E-state index contributed by atoms with van der Waals surface area (Å²) in [5, 5.41) is 0. The van der Waals surface area contributed by atoms with Crippen molar-refractivity contribution in [2.24, 2.45) is 0 Å². The van der Waals surface area contributed by atoms with Crippen molar-refractivity contribution in [3.05, 3.63) is 7.27 Å². The van der Waals surface area contributed by atoms with Crippen LogP contribution < -0.4 is 9.47 Å². The molecule has 0 amide bonds. The molecule has 1 aromatic rings. The lowest BCUT2D eigenvalue weighted by Crippen LogP contribution is -2.00. The summed E-state index contributed by atoms with van der Waals surface area (Å²) in [4.78, 5) is 8.07. The average molecular weight is 392 g/mol. The van der Waals surface area contributed by atoms with E-state index in [0.29, 0.717) is 11.9 Å². The Kier molecular flexibility index (Phi) is 3.75. The third-order valence-electron chi connectivity index (χ3n) is 1.14. The lowest BCUT2D eigenvalue weighted by molar-refractivity contribution is 0.348. The van der Waals surface area contributed by atoms with Gasteiger partial charge in [-0.2, -0.15) is 9.97 Å². The van der Waals surface area contributed by atoms with Crippen molar-refractivity contribution in [2.75, 3.05) is 14.2 Å². The summed E-state index contributed by atoms with van der Waals surface area (Å²) in [6, 6.07) is 0.330. The summed E-state index contributed by atoms with van der Waals surface area (Å²) in [5.41, 5.74) is 0. The van der Waals surface area contributed by atoms with Crippen LogP contribution in [-0.4, -0.2) is 24.2 Å². The lowest BCUT2D eigenvalue weighted by atomic mass is 10.6. The van der Waals surface area contributed by atoms with Gasteiger partial charge < -0.3 is 9.47 Å². The topological polar surface area (TPSA) is 44.2 Å². The zero-order valence-electron chi connectivity index (χ0n) is 6.47. The highest BCUT2D eigenvalue weighted by atomic mass is 127. The van der Waals surface area contributed by atoms with E-state index in [-0.39, 0.29) is 0 Å². The molecule has 0 aliphatic heterocycles. The van der Waals surface area contributed by atoms with Crippen molar-refractivity contribution in [3.8, 4) is 11.9 Å². The number of hydrogen-bond donors (Lipinski definition) is 0. The van der Waals surface area contributed by atoms with Crippen LogP contribution in [0.25, 0.3) is 0 Å². The molecule has 0 saturated heterocycles. The van der Waals surface area contributed by atoms with Gasteiger partial charge in [-0.3, -0.25) is 0 Å². The SMILES string of the molecule is COc1nc(I)c(I)c(OC)n1. The second-order valence-electron chi connectivity index (χ2n) is 1.82. The smallest absolute Gasteiger partial charge is 0.320 e. The van der Waals surface area contributed by atoms with E-state index in [4.69, 9.17) is 9.47 Å². The molecule has 0 aromatic carbocycles. The Balaban J connectivity index is 3.19. The second kappa shape index (κ2) is 4.40. The summed E-state index contributed by atoms with van der Waals surface area (Å²) in [6.45, 7) is 0. The molecule has 0 fully saturated rings. The first-order valence-corrected chi connectivity index (χ1v) is 5.15. The molecule has 0 saturated carbocycles. The highest BCUT2D eigenvalue weighted by Gasteiger charge is 2.10. The molecule has 0 bridgehead atoms. The Hall–Kier alpha value is 0.140. The van der Waals surface area contributed by atoms with Crippen molar-refractivity contribution >= 4 is 45.2 Å². The molecule has 4 nitrogen and oxygen atoms in total. The number of nitrogens with zero attached hydrogens (tertiary/aromatic N) is 2. The Morgan fingerprint density at radius 3 is 2.25 bits per heavy atom. The van der Waals surface area contributed by atoms with E-state index in [1.54, 1.807) is 7.11 Å². The molecule has 12 heavy (non-hydrogen) atoms. The van der Waals surface area contributed by atoms with Gasteiger partial charge in [0, 0.05) is 0 Å². The van der Waals surface area contributed by atoms with Crippen LogP contribution >= 0.6 is 45.2 Å². The van der Waals surface area contributed by atoms with Crippen molar-refractivity contribution in [1.82, 2.24) is 9.97 Å². The minimum absolute atomic E-state index is 0.330. The number of ether oxygens (including phenoxy) is 2. The average Bonchev–Trinajstić information content (AvgIpc) is 2.09. The van der Waals surface area contributed by atoms with Gasteiger partial charge in [0.25, 0.3) is 0 Å². The van der Waals surface area contributed by atoms with Crippen LogP contribution in [0.2, 0.25) is 0 Å². The van der Waals surface area contributed by atoms with Gasteiger partial charge in [0.1, 0.15) is 7.27 Å².